The second kappa shape index (κ2) is 3.42. The van der Waals surface area contributed by atoms with Gasteiger partial charge in [-0.15, -0.1) is 0 Å². The van der Waals surface area contributed by atoms with Crippen molar-refractivity contribution in [2.24, 2.45) is 7.05 Å². The third kappa shape index (κ3) is 1.63. The van der Waals surface area contributed by atoms with E-state index in [4.69, 9.17) is 11.6 Å². The number of hydrogen-bond acceptors (Lipinski definition) is 2. The van der Waals surface area contributed by atoms with Gasteiger partial charge in [0.1, 0.15) is 5.82 Å². The Morgan fingerprint density at radius 1 is 1.21 bits per heavy atom. The van der Waals surface area contributed by atoms with Gasteiger partial charge in [-0.25, -0.2) is 4.98 Å². The summed E-state index contributed by atoms with van der Waals surface area (Å²) in [5.74, 6) is 1.64. The normalized spacial score (nSPS) is 10.5. The topological polar surface area (TPSA) is 30.7 Å². The lowest BCUT2D eigenvalue weighted by Crippen LogP contribution is -1.92. The Bertz CT molecular complexity index is 425. The maximum atomic E-state index is 5.79. The Labute approximate surface area is 87.3 Å². The summed E-state index contributed by atoms with van der Waals surface area (Å²) < 4.78 is 1.75. The second-order valence-electron chi connectivity index (χ2n) is 3.11. The van der Waals surface area contributed by atoms with E-state index in [0.29, 0.717) is 0 Å². The van der Waals surface area contributed by atoms with Crippen molar-refractivity contribution in [1.29, 1.82) is 0 Å². The van der Waals surface area contributed by atoms with Crippen molar-refractivity contribution in [3.8, 4) is 11.4 Å². The number of benzene rings is 1. The fraction of sp³-hybridized carbons (Fsp3) is 0.200. The van der Waals surface area contributed by atoms with Crippen LogP contribution in [0.3, 0.4) is 0 Å². The van der Waals surface area contributed by atoms with Gasteiger partial charge >= 0.3 is 0 Å². The second-order valence-corrected chi connectivity index (χ2v) is 3.55. The van der Waals surface area contributed by atoms with E-state index in [1.54, 1.807) is 4.68 Å². The lowest BCUT2D eigenvalue weighted by molar-refractivity contribution is 0.736. The number of hydrogen-bond donors (Lipinski definition) is 0. The van der Waals surface area contributed by atoms with Gasteiger partial charge in [-0.3, -0.25) is 4.68 Å². The molecule has 0 saturated carbocycles. The van der Waals surface area contributed by atoms with Crippen molar-refractivity contribution < 1.29 is 0 Å². The molecule has 0 aliphatic carbocycles. The van der Waals surface area contributed by atoms with E-state index in [2.05, 4.69) is 10.1 Å². The minimum absolute atomic E-state index is 0.724. The first-order valence-corrected chi connectivity index (χ1v) is 4.68. The fourth-order valence-corrected chi connectivity index (χ4v) is 1.31. The highest BCUT2D eigenvalue weighted by atomic mass is 35.5. The molecule has 0 amide bonds. The van der Waals surface area contributed by atoms with Crippen molar-refractivity contribution in [2.45, 2.75) is 6.92 Å². The number of aromatic nitrogens is 3. The van der Waals surface area contributed by atoms with Gasteiger partial charge in [0.15, 0.2) is 5.82 Å². The molecule has 0 atom stereocenters. The molecule has 72 valence electrons. The van der Waals surface area contributed by atoms with E-state index in [0.717, 1.165) is 22.2 Å². The van der Waals surface area contributed by atoms with Crippen LogP contribution in [0.5, 0.6) is 0 Å². The number of nitrogens with zero attached hydrogens (tertiary/aromatic N) is 3. The van der Waals surface area contributed by atoms with Gasteiger partial charge in [0, 0.05) is 17.6 Å². The minimum Gasteiger partial charge on any atom is -0.253 e. The van der Waals surface area contributed by atoms with Crippen molar-refractivity contribution in [2.75, 3.05) is 0 Å². The van der Waals surface area contributed by atoms with Gasteiger partial charge < -0.3 is 0 Å². The third-order valence-electron chi connectivity index (χ3n) is 2.08. The first-order valence-electron chi connectivity index (χ1n) is 4.30. The lowest BCUT2D eigenvalue weighted by atomic mass is 10.2. The molecule has 3 nitrogen and oxygen atoms in total. The number of rotatable bonds is 1. The van der Waals surface area contributed by atoms with Crippen LogP contribution in [-0.4, -0.2) is 14.8 Å². The molecule has 4 heteroatoms. The van der Waals surface area contributed by atoms with Gasteiger partial charge in [-0.2, -0.15) is 5.10 Å². The number of aryl methyl sites for hydroxylation is 2. The van der Waals surface area contributed by atoms with E-state index in [1.165, 1.54) is 0 Å². The summed E-state index contributed by atoms with van der Waals surface area (Å²) in [6, 6.07) is 7.50. The molecule has 0 aliphatic heterocycles. The maximum absolute atomic E-state index is 5.79. The Morgan fingerprint density at radius 2 is 1.86 bits per heavy atom. The summed E-state index contributed by atoms with van der Waals surface area (Å²) >= 11 is 5.79. The van der Waals surface area contributed by atoms with Crippen molar-refractivity contribution >= 4 is 11.6 Å². The van der Waals surface area contributed by atoms with Crippen molar-refractivity contribution in [3.63, 3.8) is 0 Å². The van der Waals surface area contributed by atoms with Crippen molar-refractivity contribution in [3.05, 3.63) is 35.1 Å². The SMILES string of the molecule is Cc1nc(-c2ccc(Cl)cc2)nn1C. The zero-order chi connectivity index (χ0) is 10.1. The zero-order valence-corrected chi connectivity index (χ0v) is 8.78. The van der Waals surface area contributed by atoms with E-state index < -0.39 is 0 Å². The lowest BCUT2D eigenvalue weighted by Gasteiger charge is -1.94. The van der Waals surface area contributed by atoms with Crippen LogP contribution in [-0.2, 0) is 7.05 Å². The molecule has 2 aromatic rings. The van der Waals surface area contributed by atoms with Crippen LogP contribution in [0.1, 0.15) is 5.82 Å². The predicted molar refractivity (Wildman–Crippen MR) is 56.2 cm³/mol. The van der Waals surface area contributed by atoms with Gasteiger partial charge in [0.25, 0.3) is 0 Å². The number of halogens is 1. The smallest absolute Gasteiger partial charge is 0.181 e. The molecule has 0 spiro atoms. The molecule has 1 heterocycles. The summed E-state index contributed by atoms with van der Waals surface area (Å²) in [6.45, 7) is 1.92. The van der Waals surface area contributed by atoms with Crippen LogP contribution in [0.2, 0.25) is 5.02 Å². The van der Waals surface area contributed by atoms with Gasteiger partial charge in [-0.1, -0.05) is 11.6 Å². The average Bonchev–Trinajstić information content (AvgIpc) is 2.48. The highest BCUT2D eigenvalue weighted by molar-refractivity contribution is 6.30. The summed E-state index contributed by atoms with van der Waals surface area (Å²) in [4.78, 5) is 4.32. The van der Waals surface area contributed by atoms with E-state index in [9.17, 15) is 0 Å². The summed E-state index contributed by atoms with van der Waals surface area (Å²) in [5, 5.41) is 5.00. The molecule has 0 unspecified atom stereocenters. The third-order valence-corrected chi connectivity index (χ3v) is 2.34. The largest absolute Gasteiger partial charge is 0.253 e. The monoisotopic (exact) mass is 207 g/mol. The molecule has 1 aromatic carbocycles. The Kier molecular flexibility index (Phi) is 2.25. The van der Waals surface area contributed by atoms with Crippen LogP contribution in [0.25, 0.3) is 11.4 Å². The van der Waals surface area contributed by atoms with Gasteiger partial charge in [0.2, 0.25) is 0 Å². The molecule has 0 bridgehead atoms. The minimum atomic E-state index is 0.724. The summed E-state index contributed by atoms with van der Waals surface area (Å²) in [7, 11) is 1.88. The van der Waals surface area contributed by atoms with Crippen LogP contribution in [0.4, 0.5) is 0 Å². The van der Waals surface area contributed by atoms with Gasteiger partial charge in [-0.05, 0) is 31.2 Å². The van der Waals surface area contributed by atoms with E-state index in [1.807, 2.05) is 38.2 Å². The molecule has 1 aromatic heterocycles. The molecule has 14 heavy (non-hydrogen) atoms. The maximum Gasteiger partial charge on any atom is 0.181 e. The quantitative estimate of drug-likeness (QED) is 0.719. The zero-order valence-electron chi connectivity index (χ0n) is 8.03. The first kappa shape index (κ1) is 9.21. The summed E-state index contributed by atoms with van der Waals surface area (Å²) in [5.41, 5.74) is 0.984. The molecular weight excluding hydrogens is 198 g/mol. The molecule has 0 saturated heterocycles. The molecule has 0 radical (unpaired) electrons. The predicted octanol–water partition coefficient (Wildman–Crippen LogP) is 2.44. The highest BCUT2D eigenvalue weighted by Gasteiger charge is 2.04. The first-order chi connectivity index (χ1) is 6.66. The Morgan fingerprint density at radius 3 is 2.36 bits per heavy atom. The van der Waals surface area contributed by atoms with Crippen LogP contribution < -0.4 is 0 Å². The fourth-order valence-electron chi connectivity index (χ4n) is 1.18. The van der Waals surface area contributed by atoms with Crippen LogP contribution >= 0.6 is 11.6 Å². The molecule has 0 aliphatic rings. The average molecular weight is 208 g/mol. The van der Waals surface area contributed by atoms with Crippen LogP contribution in [0, 0.1) is 6.92 Å². The highest BCUT2D eigenvalue weighted by Crippen LogP contribution is 2.17. The van der Waals surface area contributed by atoms with E-state index >= 15 is 0 Å². The Balaban J connectivity index is 2.44. The van der Waals surface area contributed by atoms with Crippen molar-refractivity contribution in [1.82, 2.24) is 14.8 Å². The molecular formula is C10H10ClN3. The van der Waals surface area contributed by atoms with Gasteiger partial charge in [0.05, 0.1) is 0 Å². The van der Waals surface area contributed by atoms with Crippen LogP contribution in [0.15, 0.2) is 24.3 Å². The Hall–Kier alpha value is -1.35. The molecule has 2 rings (SSSR count). The standard InChI is InChI=1S/C10H10ClN3/c1-7-12-10(13-14(7)2)8-3-5-9(11)6-4-8/h3-6H,1-2H3. The molecule has 0 N–H and O–H groups in total. The van der Waals surface area contributed by atoms with E-state index in [-0.39, 0.29) is 0 Å². The summed E-state index contributed by atoms with van der Waals surface area (Å²) in [6.07, 6.45) is 0. The molecule has 0 fully saturated rings.